The molecule has 1 N–H and O–H groups in total. The molecule has 6 rings (SSSR count). The summed E-state index contributed by atoms with van der Waals surface area (Å²) in [4.78, 5) is 33.1. The Bertz CT molecular complexity index is 1870. The predicted octanol–water partition coefficient (Wildman–Crippen LogP) is 5.29. The molecule has 9 heteroatoms. The van der Waals surface area contributed by atoms with Gasteiger partial charge in [-0.2, -0.15) is 0 Å². The second kappa shape index (κ2) is 12.3. The molecule has 1 aliphatic heterocycles. The van der Waals surface area contributed by atoms with Crippen LogP contribution in [-0.2, 0) is 19.4 Å². The monoisotopic (exact) mass is 588 g/mol. The van der Waals surface area contributed by atoms with Crippen molar-refractivity contribution in [2.24, 2.45) is 0 Å². The zero-order valence-electron chi connectivity index (χ0n) is 23.7. The first kappa shape index (κ1) is 30.4. The van der Waals surface area contributed by atoms with Crippen LogP contribution in [-0.4, -0.2) is 76.7 Å². The first-order chi connectivity index (χ1) is 19.7. The second-order valence-electron chi connectivity index (χ2n) is 11.2. The number of rotatable bonds is 7. The fraction of sp³-hybridized carbons (Fsp3) is 0.273. The molecule has 0 spiro atoms. The van der Waals surface area contributed by atoms with E-state index in [1.807, 2.05) is 72.2 Å². The Morgan fingerprint density at radius 3 is 2.38 bits per heavy atom. The van der Waals surface area contributed by atoms with E-state index in [4.69, 9.17) is 14.2 Å². The molecular formula is C33H33KN4O4. The van der Waals surface area contributed by atoms with Gasteiger partial charge in [-0.25, -0.2) is 9.78 Å². The summed E-state index contributed by atoms with van der Waals surface area (Å²) >= 11 is 0. The Hall–Kier alpha value is -3.08. The van der Waals surface area contributed by atoms with Crippen molar-refractivity contribution in [1.29, 1.82) is 0 Å². The summed E-state index contributed by atoms with van der Waals surface area (Å²) in [6.45, 7) is 8.57. The maximum absolute atomic E-state index is 14.1. The van der Waals surface area contributed by atoms with Crippen LogP contribution in [0.3, 0.4) is 0 Å². The molecule has 1 aliphatic rings. The Balaban J connectivity index is 0.00000353. The fourth-order valence-electron chi connectivity index (χ4n) is 5.65. The second-order valence-corrected chi connectivity index (χ2v) is 11.2. The molecule has 3 heterocycles. The van der Waals surface area contributed by atoms with E-state index in [0.717, 1.165) is 63.5 Å². The topological polar surface area (TPSA) is 103 Å². The van der Waals surface area contributed by atoms with Crippen molar-refractivity contribution >= 4 is 51.4 Å². The molecule has 0 aliphatic carbocycles. The van der Waals surface area contributed by atoms with Crippen molar-refractivity contribution < 1.29 is 9.26 Å². The van der Waals surface area contributed by atoms with E-state index in [0.29, 0.717) is 24.4 Å². The van der Waals surface area contributed by atoms with Gasteiger partial charge in [0.15, 0.2) is 5.82 Å². The molecule has 0 atom stereocenters. The van der Waals surface area contributed by atoms with Gasteiger partial charge in [-0.15, -0.1) is 0 Å². The van der Waals surface area contributed by atoms with E-state index in [1.165, 1.54) is 0 Å². The molecule has 2 aromatic heterocycles. The Labute approximate surface area is 286 Å². The van der Waals surface area contributed by atoms with Crippen molar-refractivity contribution in [3.05, 3.63) is 110 Å². The van der Waals surface area contributed by atoms with E-state index < -0.39 is 5.76 Å². The van der Waals surface area contributed by atoms with E-state index >= 15 is 0 Å². The van der Waals surface area contributed by atoms with Gasteiger partial charge in [0, 0.05) is 18.4 Å². The van der Waals surface area contributed by atoms with Crippen LogP contribution in [0, 0.1) is 6.92 Å². The summed E-state index contributed by atoms with van der Waals surface area (Å²) in [6, 6.07) is 21.8. The first-order valence-corrected chi connectivity index (χ1v) is 13.9. The average Bonchev–Trinajstić information content (AvgIpc) is 3.52. The number of hydrogen-bond acceptors (Lipinski definition) is 6. The van der Waals surface area contributed by atoms with Crippen molar-refractivity contribution in [3.63, 3.8) is 0 Å². The van der Waals surface area contributed by atoms with Gasteiger partial charge < -0.3 is 4.74 Å². The summed E-state index contributed by atoms with van der Waals surface area (Å²) in [5.41, 5.74) is 6.69. The molecule has 0 fully saturated rings. The first-order valence-electron chi connectivity index (χ1n) is 13.9. The number of aromatic amines is 1. The maximum atomic E-state index is 14.1. The summed E-state index contributed by atoms with van der Waals surface area (Å²) in [5, 5.41) is 3.85. The Morgan fingerprint density at radius 1 is 0.976 bits per heavy atom. The van der Waals surface area contributed by atoms with Gasteiger partial charge in [-0.05, 0) is 67.1 Å². The minimum absolute atomic E-state index is 0. The van der Waals surface area contributed by atoms with Crippen molar-refractivity contribution in [2.75, 3.05) is 0 Å². The number of nitrogens with zero attached hydrogens (tertiary/aromatic N) is 3. The van der Waals surface area contributed by atoms with Crippen LogP contribution in [0.5, 0.6) is 5.75 Å². The zero-order chi connectivity index (χ0) is 28.7. The number of H-pyrrole nitrogens is 1. The van der Waals surface area contributed by atoms with Crippen LogP contribution in [0.25, 0.3) is 33.6 Å². The van der Waals surface area contributed by atoms with Gasteiger partial charge in [0.05, 0.1) is 17.8 Å². The van der Waals surface area contributed by atoms with Crippen molar-refractivity contribution in [1.82, 2.24) is 19.7 Å². The summed E-state index contributed by atoms with van der Waals surface area (Å²) < 4.78 is 12.6. The fourth-order valence-corrected chi connectivity index (χ4v) is 5.65. The normalized spacial score (nSPS) is 13.3. The van der Waals surface area contributed by atoms with Crippen LogP contribution < -0.4 is 16.1 Å². The van der Waals surface area contributed by atoms with Gasteiger partial charge in [0.1, 0.15) is 17.2 Å². The SMILES string of the molecule is CCCc1nc(C)c(-c2ccc3c(c2)CC(C)(C)O3)c(=O)n1Cc1ccc(-c2ccccc2-c2noc(=O)[nH]2)cc1.[KH]. The molecule has 42 heavy (non-hydrogen) atoms. The third kappa shape index (κ3) is 6.02. The molecule has 0 unspecified atom stereocenters. The average molecular weight is 589 g/mol. The number of benzene rings is 3. The molecule has 8 nitrogen and oxygen atoms in total. The van der Waals surface area contributed by atoms with Crippen LogP contribution in [0.1, 0.15) is 49.8 Å². The zero-order valence-corrected chi connectivity index (χ0v) is 23.7. The van der Waals surface area contributed by atoms with Gasteiger partial charge >= 0.3 is 57.1 Å². The van der Waals surface area contributed by atoms with Crippen molar-refractivity contribution in [3.8, 4) is 39.4 Å². The quantitative estimate of drug-likeness (QED) is 0.259. The van der Waals surface area contributed by atoms with Gasteiger partial charge in [-0.3, -0.25) is 18.9 Å². The molecule has 0 saturated carbocycles. The van der Waals surface area contributed by atoms with E-state index in [1.54, 1.807) is 0 Å². The number of fused-ring (bicyclic) bond motifs is 1. The number of aryl methyl sites for hydroxylation is 2. The molecule has 210 valence electrons. The Kier molecular flexibility index (Phi) is 8.87. The van der Waals surface area contributed by atoms with E-state index in [9.17, 15) is 9.59 Å². The van der Waals surface area contributed by atoms with E-state index in [2.05, 4.69) is 37.0 Å². The number of ether oxygens (including phenoxy) is 1. The molecular weight excluding hydrogens is 555 g/mol. The van der Waals surface area contributed by atoms with Crippen LogP contribution in [0.15, 0.2) is 80.8 Å². The van der Waals surface area contributed by atoms with Crippen molar-refractivity contribution in [2.45, 2.75) is 59.1 Å². The van der Waals surface area contributed by atoms with Gasteiger partial charge in [0.25, 0.3) is 5.56 Å². The van der Waals surface area contributed by atoms with Crippen LogP contribution in [0.2, 0.25) is 0 Å². The molecule has 3 aromatic carbocycles. The summed E-state index contributed by atoms with van der Waals surface area (Å²) in [6.07, 6.45) is 2.40. The molecule has 0 amide bonds. The third-order valence-electron chi connectivity index (χ3n) is 7.48. The third-order valence-corrected chi connectivity index (χ3v) is 7.48. The number of nitrogens with one attached hydrogen (secondary N) is 1. The number of hydrogen-bond donors (Lipinski definition) is 1. The Morgan fingerprint density at radius 2 is 1.69 bits per heavy atom. The standard InChI is InChI=1S/C33H32N4O4.K.H/c1-5-8-28-34-20(2)29(23-15-16-27-24(17-23)18-33(3,4)40-27)31(38)37(28)19-21-11-13-22(14-12-21)25-9-6-7-10-26(25)30-35-32(39)41-36-30;;/h6-7,9-17H,5,8,18-19H2,1-4H3,(H,35,36,39);;. The number of aromatic nitrogens is 4. The van der Waals surface area contributed by atoms with Crippen LogP contribution >= 0.6 is 0 Å². The summed E-state index contributed by atoms with van der Waals surface area (Å²) in [5.74, 6) is 1.45. The minimum atomic E-state index is -0.596. The summed E-state index contributed by atoms with van der Waals surface area (Å²) in [7, 11) is 0. The molecule has 0 bridgehead atoms. The molecule has 5 aromatic rings. The predicted molar refractivity (Wildman–Crippen MR) is 165 cm³/mol. The van der Waals surface area contributed by atoms with Gasteiger partial charge in [0.2, 0.25) is 0 Å². The van der Waals surface area contributed by atoms with Crippen LogP contribution in [0.4, 0.5) is 0 Å². The van der Waals surface area contributed by atoms with E-state index in [-0.39, 0.29) is 62.5 Å². The molecule has 0 radical (unpaired) electrons. The van der Waals surface area contributed by atoms with Gasteiger partial charge in [-0.1, -0.05) is 66.7 Å². The molecule has 0 saturated heterocycles.